The van der Waals surface area contributed by atoms with Gasteiger partial charge in [0.2, 0.25) is 11.8 Å². The zero-order chi connectivity index (χ0) is 14.7. The van der Waals surface area contributed by atoms with Gasteiger partial charge in [-0.05, 0) is 25.0 Å². The van der Waals surface area contributed by atoms with Gasteiger partial charge in [0, 0.05) is 32.0 Å². The van der Waals surface area contributed by atoms with Crippen LogP contribution >= 0.6 is 0 Å². The van der Waals surface area contributed by atoms with Crippen LogP contribution in [0, 0.1) is 17.6 Å². The molecule has 0 spiro atoms. The van der Waals surface area contributed by atoms with Gasteiger partial charge in [-0.25, -0.2) is 8.78 Å². The van der Waals surface area contributed by atoms with Crippen molar-refractivity contribution >= 4 is 17.5 Å². The predicted molar refractivity (Wildman–Crippen MR) is 70.1 cm³/mol. The van der Waals surface area contributed by atoms with Gasteiger partial charge < -0.3 is 10.2 Å². The van der Waals surface area contributed by atoms with Crippen molar-refractivity contribution in [2.24, 2.45) is 5.92 Å². The lowest BCUT2D eigenvalue weighted by molar-refractivity contribution is -0.122. The van der Waals surface area contributed by atoms with Crippen molar-refractivity contribution in [3.8, 4) is 0 Å². The van der Waals surface area contributed by atoms with Gasteiger partial charge in [0.1, 0.15) is 11.6 Å². The van der Waals surface area contributed by atoms with Gasteiger partial charge >= 0.3 is 0 Å². The van der Waals surface area contributed by atoms with E-state index in [2.05, 4.69) is 5.32 Å². The molecule has 0 saturated heterocycles. The number of rotatable bonds is 5. The number of hydrogen-bond acceptors (Lipinski definition) is 2. The summed E-state index contributed by atoms with van der Waals surface area (Å²) >= 11 is 0. The predicted octanol–water partition coefficient (Wildman–Crippen LogP) is 1.84. The highest BCUT2D eigenvalue weighted by Gasteiger charge is 2.29. The standard InChI is InChI=1S/C14H16F2N2O2/c1-9(19)18(7-6-17-14(20)10-2-3-10)13-5-4-11(15)8-12(13)16/h4-5,8,10H,2-3,6-7H2,1H3,(H,17,20). The van der Waals surface area contributed by atoms with Crippen LogP contribution in [0.2, 0.25) is 0 Å². The van der Waals surface area contributed by atoms with Crippen LogP contribution in [-0.2, 0) is 9.59 Å². The van der Waals surface area contributed by atoms with Crippen LogP contribution in [0.15, 0.2) is 18.2 Å². The van der Waals surface area contributed by atoms with E-state index in [9.17, 15) is 18.4 Å². The monoisotopic (exact) mass is 282 g/mol. The molecule has 1 saturated carbocycles. The van der Waals surface area contributed by atoms with Crippen molar-refractivity contribution in [3.63, 3.8) is 0 Å². The van der Waals surface area contributed by atoms with Gasteiger partial charge in [0.25, 0.3) is 0 Å². The molecule has 0 aliphatic heterocycles. The van der Waals surface area contributed by atoms with Crippen LogP contribution in [0.1, 0.15) is 19.8 Å². The third-order valence-electron chi connectivity index (χ3n) is 3.16. The van der Waals surface area contributed by atoms with Crippen molar-refractivity contribution in [1.29, 1.82) is 0 Å². The van der Waals surface area contributed by atoms with Gasteiger partial charge in [-0.1, -0.05) is 0 Å². The topological polar surface area (TPSA) is 49.4 Å². The number of carbonyl (C=O) groups excluding carboxylic acids is 2. The fourth-order valence-electron chi connectivity index (χ4n) is 1.93. The molecule has 6 heteroatoms. The zero-order valence-electron chi connectivity index (χ0n) is 11.2. The Bertz CT molecular complexity index is 530. The lowest BCUT2D eigenvalue weighted by atomic mass is 10.2. The minimum Gasteiger partial charge on any atom is -0.354 e. The number of nitrogens with one attached hydrogen (secondary N) is 1. The highest BCUT2D eigenvalue weighted by Crippen LogP contribution is 2.28. The first-order valence-electron chi connectivity index (χ1n) is 6.50. The molecule has 0 aromatic heterocycles. The molecule has 1 aliphatic rings. The van der Waals surface area contributed by atoms with E-state index in [-0.39, 0.29) is 36.5 Å². The van der Waals surface area contributed by atoms with Gasteiger partial charge in [-0.2, -0.15) is 0 Å². The Morgan fingerprint density at radius 3 is 2.60 bits per heavy atom. The second kappa shape index (κ2) is 5.98. The number of anilines is 1. The fourth-order valence-corrected chi connectivity index (χ4v) is 1.93. The summed E-state index contributed by atoms with van der Waals surface area (Å²) in [5, 5.41) is 2.70. The summed E-state index contributed by atoms with van der Waals surface area (Å²) in [6.07, 6.45) is 1.80. The van der Waals surface area contributed by atoms with Crippen LogP contribution in [0.3, 0.4) is 0 Å². The first-order valence-corrected chi connectivity index (χ1v) is 6.50. The zero-order valence-corrected chi connectivity index (χ0v) is 11.2. The molecular weight excluding hydrogens is 266 g/mol. The second-order valence-electron chi connectivity index (χ2n) is 4.83. The van der Waals surface area contributed by atoms with Crippen LogP contribution in [0.4, 0.5) is 14.5 Å². The number of amides is 2. The summed E-state index contributed by atoms with van der Waals surface area (Å²) in [5.41, 5.74) is 0.0135. The third-order valence-corrected chi connectivity index (χ3v) is 3.16. The summed E-state index contributed by atoms with van der Waals surface area (Å²) in [6.45, 7) is 1.69. The van der Waals surface area contributed by atoms with Gasteiger partial charge in [0.05, 0.1) is 5.69 Å². The second-order valence-corrected chi connectivity index (χ2v) is 4.83. The largest absolute Gasteiger partial charge is 0.354 e. The molecule has 20 heavy (non-hydrogen) atoms. The summed E-state index contributed by atoms with van der Waals surface area (Å²) in [4.78, 5) is 24.2. The number of halogens is 2. The molecule has 0 radical (unpaired) electrons. The molecule has 4 nitrogen and oxygen atoms in total. The van der Waals surface area contributed by atoms with Crippen molar-refractivity contribution in [2.45, 2.75) is 19.8 Å². The lowest BCUT2D eigenvalue weighted by Crippen LogP contribution is -2.38. The highest BCUT2D eigenvalue weighted by atomic mass is 19.1. The van der Waals surface area contributed by atoms with Gasteiger partial charge in [0.15, 0.2) is 0 Å². The Balaban J connectivity index is 1.99. The molecule has 1 aromatic carbocycles. The molecule has 1 fully saturated rings. The number of nitrogens with zero attached hydrogens (tertiary/aromatic N) is 1. The minimum atomic E-state index is -0.797. The average Bonchev–Trinajstić information content (AvgIpc) is 3.19. The van der Waals surface area contributed by atoms with Crippen LogP contribution in [0.25, 0.3) is 0 Å². The molecule has 2 rings (SSSR count). The van der Waals surface area contributed by atoms with Gasteiger partial charge in [-0.15, -0.1) is 0 Å². The Labute approximate surface area is 115 Å². The first kappa shape index (κ1) is 14.4. The maximum atomic E-state index is 13.7. The van der Waals surface area contributed by atoms with Crippen LogP contribution < -0.4 is 10.2 Å². The fraction of sp³-hybridized carbons (Fsp3) is 0.429. The summed E-state index contributed by atoms with van der Waals surface area (Å²) in [5.74, 6) is -1.81. The maximum Gasteiger partial charge on any atom is 0.224 e. The molecule has 0 atom stereocenters. The number of hydrogen-bond donors (Lipinski definition) is 1. The Hall–Kier alpha value is -1.98. The van der Waals surface area contributed by atoms with E-state index >= 15 is 0 Å². The van der Waals surface area contributed by atoms with E-state index in [1.165, 1.54) is 17.9 Å². The summed E-state index contributed by atoms with van der Waals surface area (Å²) in [7, 11) is 0. The molecular formula is C14H16F2N2O2. The molecule has 0 heterocycles. The SMILES string of the molecule is CC(=O)N(CCNC(=O)C1CC1)c1ccc(F)cc1F. The smallest absolute Gasteiger partial charge is 0.224 e. The van der Waals surface area contributed by atoms with E-state index in [1.54, 1.807) is 0 Å². The Morgan fingerprint density at radius 1 is 1.35 bits per heavy atom. The van der Waals surface area contributed by atoms with E-state index in [0.717, 1.165) is 25.0 Å². The van der Waals surface area contributed by atoms with Crippen LogP contribution in [-0.4, -0.2) is 24.9 Å². The minimum absolute atomic E-state index is 0.0135. The lowest BCUT2D eigenvalue weighted by Gasteiger charge is -2.22. The van der Waals surface area contributed by atoms with Crippen molar-refractivity contribution in [3.05, 3.63) is 29.8 Å². The maximum absolute atomic E-state index is 13.7. The molecule has 0 unspecified atom stereocenters. The highest BCUT2D eigenvalue weighted by molar-refractivity contribution is 5.91. The molecule has 108 valence electrons. The summed E-state index contributed by atoms with van der Waals surface area (Å²) < 4.78 is 26.5. The van der Waals surface area contributed by atoms with E-state index in [0.29, 0.717) is 0 Å². The molecule has 1 aliphatic carbocycles. The van der Waals surface area contributed by atoms with Crippen molar-refractivity contribution in [2.75, 3.05) is 18.0 Å². The quantitative estimate of drug-likeness (QED) is 0.896. The molecule has 2 amide bonds. The van der Waals surface area contributed by atoms with E-state index < -0.39 is 11.6 Å². The normalized spacial score (nSPS) is 13.9. The molecule has 0 bridgehead atoms. The van der Waals surface area contributed by atoms with E-state index in [4.69, 9.17) is 0 Å². The summed E-state index contributed by atoms with van der Waals surface area (Å²) in [6, 6.07) is 3.04. The Kier molecular flexibility index (Phi) is 4.32. The van der Waals surface area contributed by atoms with Crippen molar-refractivity contribution in [1.82, 2.24) is 5.32 Å². The number of benzene rings is 1. The first-order chi connectivity index (χ1) is 9.49. The molecule has 1 aromatic rings. The third kappa shape index (κ3) is 3.53. The molecule has 1 N–H and O–H groups in total. The Morgan fingerprint density at radius 2 is 2.05 bits per heavy atom. The van der Waals surface area contributed by atoms with Gasteiger partial charge in [-0.3, -0.25) is 9.59 Å². The van der Waals surface area contributed by atoms with Crippen molar-refractivity contribution < 1.29 is 18.4 Å². The number of carbonyl (C=O) groups is 2. The van der Waals surface area contributed by atoms with Crippen LogP contribution in [0.5, 0.6) is 0 Å². The van der Waals surface area contributed by atoms with E-state index in [1.807, 2.05) is 0 Å². The average molecular weight is 282 g/mol.